The van der Waals surface area contributed by atoms with Crippen molar-refractivity contribution in [3.63, 3.8) is 0 Å². The average Bonchev–Trinajstić information content (AvgIpc) is 3.66. The number of benzene rings is 6. The molecule has 1 aliphatic heterocycles. The molecule has 0 saturated carbocycles. The van der Waals surface area contributed by atoms with E-state index in [9.17, 15) is 0 Å². The van der Waals surface area contributed by atoms with Crippen molar-refractivity contribution in [3.8, 4) is 11.4 Å². The second-order valence-corrected chi connectivity index (χ2v) is 16.2. The van der Waals surface area contributed by atoms with Crippen LogP contribution in [0.4, 0.5) is 0 Å². The summed E-state index contributed by atoms with van der Waals surface area (Å²) in [6, 6.07) is 50.1. The van der Waals surface area contributed by atoms with Crippen molar-refractivity contribution in [2.24, 2.45) is 0 Å². The SMILES string of the molecule is CC(C)c1cc(C(C)C)c(B2c3ccccc3Sc3cc(-n4c5ccccc5c5c6ccccc6n(-c6ccccc6)c54)ccc32)c(C(C)C)c1. The van der Waals surface area contributed by atoms with Crippen LogP contribution in [0, 0.1) is 0 Å². The van der Waals surface area contributed by atoms with E-state index in [2.05, 4.69) is 184 Å². The van der Waals surface area contributed by atoms with Crippen LogP contribution in [0.1, 0.15) is 76.0 Å². The first-order valence-electron chi connectivity index (χ1n) is 18.5. The third kappa shape index (κ3) is 5.02. The predicted molar refractivity (Wildman–Crippen MR) is 222 cm³/mol. The van der Waals surface area contributed by atoms with E-state index in [0.29, 0.717) is 17.8 Å². The van der Waals surface area contributed by atoms with Crippen LogP contribution >= 0.6 is 11.8 Å². The minimum atomic E-state index is 0.166. The quantitative estimate of drug-likeness (QED) is 0.159. The lowest BCUT2D eigenvalue weighted by molar-refractivity contribution is 0.812. The first kappa shape index (κ1) is 32.0. The first-order chi connectivity index (χ1) is 24.8. The standard InChI is InChI=1S/C47H43BN2S/c1-29(2)32-26-37(30(3)4)46(38(27-32)31(5)6)48-39-20-12-15-23-43(39)51-44-28-34(24-25-40(44)48)50-42-22-14-11-19-36(42)45-35-18-10-13-21-41(35)49(47(45)50)33-16-8-7-9-17-33/h7-31H,1-6H3. The maximum absolute atomic E-state index is 2.51. The highest BCUT2D eigenvalue weighted by atomic mass is 32.2. The van der Waals surface area contributed by atoms with Gasteiger partial charge >= 0.3 is 0 Å². The summed E-state index contributed by atoms with van der Waals surface area (Å²) in [4.78, 5) is 2.69. The third-order valence-electron chi connectivity index (χ3n) is 11.0. The fourth-order valence-corrected chi connectivity index (χ4v) is 9.71. The van der Waals surface area contributed by atoms with Crippen molar-refractivity contribution in [3.05, 3.63) is 150 Å². The molecule has 8 aromatic rings. The van der Waals surface area contributed by atoms with E-state index in [4.69, 9.17) is 0 Å². The Morgan fingerprint density at radius 2 is 1.04 bits per heavy atom. The van der Waals surface area contributed by atoms with E-state index in [1.807, 2.05) is 11.8 Å². The van der Waals surface area contributed by atoms with Crippen molar-refractivity contribution >= 4 is 67.7 Å². The van der Waals surface area contributed by atoms with E-state index in [0.717, 1.165) is 0 Å². The molecular formula is C47H43BN2S. The summed E-state index contributed by atoms with van der Waals surface area (Å²) < 4.78 is 4.96. The molecule has 4 heteroatoms. The van der Waals surface area contributed by atoms with Crippen LogP contribution in [-0.2, 0) is 0 Å². The van der Waals surface area contributed by atoms with Gasteiger partial charge in [0.05, 0.1) is 11.0 Å². The van der Waals surface area contributed by atoms with Gasteiger partial charge in [0.25, 0.3) is 0 Å². The molecule has 3 heterocycles. The van der Waals surface area contributed by atoms with Crippen LogP contribution in [0.3, 0.4) is 0 Å². The number of nitrogens with zero attached hydrogens (tertiary/aromatic N) is 2. The summed E-state index contributed by atoms with van der Waals surface area (Å²) >= 11 is 1.93. The van der Waals surface area contributed by atoms with Crippen molar-refractivity contribution in [1.82, 2.24) is 9.13 Å². The minimum absolute atomic E-state index is 0.166. The zero-order valence-electron chi connectivity index (χ0n) is 30.3. The average molecular weight is 679 g/mol. The number of hydrogen-bond acceptors (Lipinski definition) is 1. The summed E-state index contributed by atoms with van der Waals surface area (Å²) in [6.07, 6.45) is 0. The molecule has 0 spiro atoms. The first-order valence-corrected chi connectivity index (χ1v) is 19.3. The van der Waals surface area contributed by atoms with Crippen LogP contribution < -0.4 is 16.4 Å². The lowest BCUT2D eigenvalue weighted by Crippen LogP contribution is -2.57. The van der Waals surface area contributed by atoms with Gasteiger partial charge in [0.1, 0.15) is 5.65 Å². The number of hydrogen-bond donors (Lipinski definition) is 0. The molecule has 9 rings (SSSR count). The summed E-state index contributed by atoms with van der Waals surface area (Å²) in [6.45, 7) is 14.3. The van der Waals surface area contributed by atoms with Gasteiger partial charge in [0.2, 0.25) is 6.71 Å². The monoisotopic (exact) mass is 678 g/mol. The second-order valence-electron chi connectivity index (χ2n) is 15.1. The van der Waals surface area contributed by atoms with E-state index in [1.165, 1.54) is 87.1 Å². The van der Waals surface area contributed by atoms with Crippen molar-refractivity contribution < 1.29 is 0 Å². The van der Waals surface area contributed by atoms with Crippen LogP contribution in [0.5, 0.6) is 0 Å². The summed E-state index contributed by atoms with van der Waals surface area (Å²) in [5, 5.41) is 3.85. The van der Waals surface area contributed by atoms with E-state index < -0.39 is 0 Å². The maximum atomic E-state index is 2.51. The molecule has 0 radical (unpaired) electrons. The zero-order chi connectivity index (χ0) is 35.0. The Bertz CT molecular complexity index is 2580. The van der Waals surface area contributed by atoms with Crippen molar-refractivity contribution in [2.75, 3.05) is 0 Å². The minimum Gasteiger partial charge on any atom is -0.295 e. The van der Waals surface area contributed by atoms with Crippen LogP contribution in [-0.4, -0.2) is 15.8 Å². The molecule has 0 fully saturated rings. The zero-order valence-corrected chi connectivity index (χ0v) is 31.1. The molecule has 0 atom stereocenters. The van der Waals surface area contributed by atoms with E-state index in [1.54, 1.807) is 0 Å². The van der Waals surface area contributed by atoms with Gasteiger partial charge in [-0.05, 0) is 76.9 Å². The van der Waals surface area contributed by atoms with Gasteiger partial charge in [-0.25, -0.2) is 0 Å². The maximum Gasteiger partial charge on any atom is 0.244 e. The van der Waals surface area contributed by atoms with E-state index >= 15 is 0 Å². The van der Waals surface area contributed by atoms with Gasteiger partial charge in [-0.2, -0.15) is 0 Å². The summed E-state index contributed by atoms with van der Waals surface area (Å²) in [5.41, 5.74) is 14.7. The normalized spacial score (nSPS) is 12.9. The summed E-state index contributed by atoms with van der Waals surface area (Å²) in [7, 11) is 0. The molecule has 6 aromatic carbocycles. The number of para-hydroxylation sites is 3. The second kappa shape index (κ2) is 12.4. The smallest absolute Gasteiger partial charge is 0.244 e. The molecule has 0 N–H and O–H groups in total. The van der Waals surface area contributed by atoms with Crippen molar-refractivity contribution in [2.45, 2.75) is 69.1 Å². The third-order valence-corrected chi connectivity index (χ3v) is 12.1. The molecule has 51 heavy (non-hydrogen) atoms. The highest BCUT2D eigenvalue weighted by molar-refractivity contribution is 8.00. The van der Waals surface area contributed by atoms with Gasteiger partial charge in [-0.1, -0.05) is 161 Å². The molecule has 250 valence electrons. The Morgan fingerprint density at radius 1 is 0.490 bits per heavy atom. The van der Waals surface area contributed by atoms with Crippen molar-refractivity contribution in [1.29, 1.82) is 0 Å². The largest absolute Gasteiger partial charge is 0.295 e. The van der Waals surface area contributed by atoms with Gasteiger partial charge in [-0.3, -0.25) is 9.13 Å². The number of aromatic nitrogens is 2. The topological polar surface area (TPSA) is 9.86 Å². The molecule has 0 aliphatic carbocycles. The van der Waals surface area contributed by atoms with Gasteiger partial charge < -0.3 is 0 Å². The van der Waals surface area contributed by atoms with E-state index in [-0.39, 0.29) is 6.71 Å². The lowest BCUT2D eigenvalue weighted by Gasteiger charge is -2.32. The fourth-order valence-electron chi connectivity index (χ4n) is 8.54. The molecule has 2 aromatic heterocycles. The fraction of sp³-hybridized carbons (Fsp3) is 0.191. The number of rotatable bonds is 6. The van der Waals surface area contributed by atoms with Gasteiger partial charge in [0, 0.05) is 37.3 Å². The molecule has 0 saturated heterocycles. The lowest BCUT2D eigenvalue weighted by atomic mass is 9.34. The van der Waals surface area contributed by atoms with Crippen LogP contribution in [0.25, 0.3) is 44.2 Å². The molecule has 0 amide bonds. The highest BCUT2D eigenvalue weighted by Gasteiger charge is 2.36. The Labute approximate surface area is 306 Å². The predicted octanol–water partition coefficient (Wildman–Crippen LogP) is 11.1. The molecule has 1 aliphatic rings. The van der Waals surface area contributed by atoms with Gasteiger partial charge in [0.15, 0.2) is 0 Å². The highest BCUT2D eigenvalue weighted by Crippen LogP contribution is 2.42. The van der Waals surface area contributed by atoms with Gasteiger partial charge in [-0.15, -0.1) is 0 Å². The Hall–Kier alpha value is -4.93. The molecule has 0 unspecified atom stereocenters. The Kier molecular flexibility index (Phi) is 7.78. The molecular weight excluding hydrogens is 635 g/mol. The Balaban J connectivity index is 1.34. The molecule has 2 nitrogen and oxygen atoms in total. The summed E-state index contributed by atoms with van der Waals surface area (Å²) in [5.74, 6) is 1.32. The van der Waals surface area contributed by atoms with Crippen LogP contribution in [0.15, 0.2) is 143 Å². The van der Waals surface area contributed by atoms with Crippen LogP contribution in [0.2, 0.25) is 0 Å². The Morgan fingerprint density at radius 3 is 1.67 bits per heavy atom. The molecule has 0 bridgehead atoms. The number of fused-ring (bicyclic) bond motifs is 7.